The van der Waals surface area contributed by atoms with Crippen molar-refractivity contribution in [1.29, 1.82) is 0 Å². The molecule has 0 aliphatic rings. The minimum Gasteiger partial charge on any atom is -0.318 e. The van der Waals surface area contributed by atoms with Gasteiger partial charge in [0, 0.05) is 33.9 Å². The summed E-state index contributed by atoms with van der Waals surface area (Å²) in [6.45, 7) is 6.46. The van der Waals surface area contributed by atoms with E-state index in [2.05, 4.69) is 60.7 Å². The van der Waals surface area contributed by atoms with Crippen molar-refractivity contribution < 1.29 is 0 Å². The average molecular weight is 337 g/mol. The van der Waals surface area contributed by atoms with Crippen molar-refractivity contribution in [3.8, 4) is 5.69 Å². The van der Waals surface area contributed by atoms with Gasteiger partial charge in [-0.05, 0) is 56.2 Å². The third-order valence-corrected chi connectivity index (χ3v) is 4.48. The van der Waals surface area contributed by atoms with Crippen molar-refractivity contribution in [2.24, 2.45) is 4.99 Å². The lowest BCUT2D eigenvalue weighted by Crippen LogP contribution is -2.03. The molecule has 0 bridgehead atoms. The van der Waals surface area contributed by atoms with E-state index in [1.54, 1.807) is 0 Å². The maximum absolute atomic E-state index is 6.02. The highest BCUT2D eigenvalue weighted by Gasteiger charge is 2.11. The number of halogens is 1. The molecule has 3 aromatic rings. The zero-order valence-electron chi connectivity index (χ0n) is 14.3. The minimum absolute atomic E-state index is 0.701. The van der Waals surface area contributed by atoms with Crippen molar-refractivity contribution in [2.45, 2.75) is 27.2 Å². The number of hydrogen-bond donors (Lipinski definition) is 0. The van der Waals surface area contributed by atoms with Gasteiger partial charge in [0.05, 0.1) is 5.69 Å². The van der Waals surface area contributed by atoms with E-state index < -0.39 is 0 Å². The number of nitrogens with zero attached hydrogens (tertiary/aromatic N) is 2. The van der Waals surface area contributed by atoms with Gasteiger partial charge in [0.2, 0.25) is 0 Å². The first kappa shape index (κ1) is 16.5. The molecule has 3 rings (SSSR count). The van der Waals surface area contributed by atoms with Crippen molar-refractivity contribution in [2.75, 3.05) is 0 Å². The quantitative estimate of drug-likeness (QED) is 0.515. The fourth-order valence-electron chi connectivity index (χ4n) is 3.02. The molecule has 0 unspecified atom stereocenters. The van der Waals surface area contributed by atoms with Crippen LogP contribution in [0.1, 0.15) is 29.4 Å². The summed E-state index contributed by atoms with van der Waals surface area (Å²) in [5.74, 6) is 0. The SMILES string of the molecule is CCc1ccccc1-n1c(C)cc(C=Nc2cccc(Cl)c2)c1C. The number of aryl methyl sites for hydroxylation is 2. The molecule has 0 aliphatic heterocycles. The van der Waals surface area contributed by atoms with Gasteiger partial charge in [0.1, 0.15) is 0 Å². The Morgan fingerprint density at radius 2 is 1.83 bits per heavy atom. The molecule has 3 heteroatoms. The molecule has 122 valence electrons. The maximum atomic E-state index is 6.02. The van der Waals surface area contributed by atoms with Gasteiger partial charge in [-0.2, -0.15) is 0 Å². The molecule has 2 nitrogen and oxygen atoms in total. The molecule has 0 saturated carbocycles. The van der Waals surface area contributed by atoms with Crippen LogP contribution in [0.3, 0.4) is 0 Å². The van der Waals surface area contributed by atoms with Crippen molar-refractivity contribution in [3.63, 3.8) is 0 Å². The number of aliphatic imine (C=N–C) groups is 1. The van der Waals surface area contributed by atoms with Crippen LogP contribution >= 0.6 is 11.6 Å². The van der Waals surface area contributed by atoms with Gasteiger partial charge < -0.3 is 4.57 Å². The molecule has 24 heavy (non-hydrogen) atoms. The average Bonchev–Trinajstić information content (AvgIpc) is 2.87. The van der Waals surface area contributed by atoms with Crippen LogP contribution in [0, 0.1) is 13.8 Å². The van der Waals surface area contributed by atoms with Crippen LogP contribution in [0.15, 0.2) is 59.6 Å². The summed E-state index contributed by atoms with van der Waals surface area (Å²) >= 11 is 6.02. The van der Waals surface area contributed by atoms with Gasteiger partial charge in [-0.15, -0.1) is 0 Å². The summed E-state index contributed by atoms with van der Waals surface area (Å²) in [6.07, 6.45) is 2.93. The first-order valence-electron chi connectivity index (χ1n) is 8.17. The molecule has 1 heterocycles. The van der Waals surface area contributed by atoms with E-state index in [0.717, 1.165) is 17.7 Å². The molecular weight excluding hydrogens is 316 g/mol. The molecule has 1 aromatic heterocycles. The number of rotatable bonds is 4. The molecule has 0 radical (unpaired) electrons. The van der Waals surface area contributed by atoms with Crippen LogP contribution in [0.2, 0.25) is 5.02 Å². The first-order chi connectivity index (χ1) is 11.6. The van der Waals surface area contributed by atoms with E-state index >= 15 is 0 Å². The van der Waals surface area contributed by atoms with Gasteiger partial charge in [0.15, 0.2) is 0 Å². The number of aromatic nitrogens is 1. The third-order valence-electron chi connectivity index (χ3n) is 4.24. The maximum Gasteiger partial charge on any atom is 0.0644 e. The summed E-state index contributed by atoms with van der Waals surface area (Å²) in [5.41, 5.74) is 6.98. The number of benzene rings is 2. The van der Waals surface area contributed by atoms with E-state index in [1.807, 2.05) is 30.5 Å². The second-order valence-corrected chi connectivity index (χ2v) is 6.32. The van der Waals surface area contributed by atoms with Crippen LogP contribution in [-0.4, -0.2) is 10.8 Å². The normalized spacial score (nSPS) is 11.3. The van der Waals surface area contributed by atoms with Gasteiger partial charge in [0.25, 0.3) is 0 Å². The van der Waals surface area contributed by atoms with E-state index in [-0.39, 0.29) is 0 Å². The number of para-hydroxylation sites is 1. The molecule has 2 aromatic carbocycles. The monoisotopic (exact) mass is 336 g/mol. The van der Waals surface area contributed by atoms with Crippen LogP contribution in [0.5, 0.6) is 0 Å². The number of hydrogen-bond acceptors (Lipinski definition) is 1. The topological polar surface area (TPSA) is 17.3 Å². The second-order valence-electron chi connectivity index (χ2n) is 5.88. The van der Waals surface area contributed by atoms with Crippen LogP contribution < -0.4 is 0 Å². The highest BCUT2D eigenvalue weighted by molar-refractivity contribution is 6.30. The molecule has 0 N–H and O–H groups in total. The Bertz CT molecular complexity index is 891. The largest absolute Gasteiger partial charge is 0.318 e. The Hall–Kier alpha value is -2.32. The zero-order chi connectivity index (χ0) is 17.1. The molecule has 0 atom stereocenters. The van der Waals surface area contributed by atoms with Gasteiger partial charge in [-0.3, -0.25) is 4.99 Å². The van der Waals surface area contributed by atoms with Crippen molar-refractivity contribution >= 4 is 23.5 Å². The van der Waals surface area contributed by atoms with Gasteiger partial charge >= 0.3 is 0 Å². The van der Waals surface area contributed by atoms with E-state index in [1.165, 1.54) is 22.6 Å². The summed E-state index contributed by atoms with van der Waals surface area (Å²) in [6, 6.07) is 18.3. The fourth-order valence-corrected chi connectivity index (χ4v) is 3.20. The highest BCUT2D eigenvalue weighted by Crippen LogP contribution is 2.24. The Morgan fingerprint density at radius 3 is 2.58 bits per heavy atom. The summed E-state index contributed by atoms with van der Waals surface area (Å²) < 4.78 is 2.30. The Labute approximate surface area is 148 Å². The predicted molar refractivity (Wildman–Crippen MR) is 103 cm³/mol. The Balaban J connectivity index is 2.01. The third kappa shape index (κ3) is 3.29. The second kappa shape index (κ2) is 7.06. The van der Waals surface area contributed by atoms with E-state index in [9.17, 15) is 0 Å². The van der Waals surface area contributed by atoms with Crippen LogP contribution in [-0.2, 0) is 6.42 Å². The minimum atomic E-state index is 0.701. The Morgan fingerprint density at radius 1 is 1.04 bits per heavy atom. The molecular formula is C21H21ClN2. The standard InChI is InChI=1S/C21H21ClN2/c1-4-17-8-5-6-11-21(17)24-15(2)12-18(16(24)3)14-23-20-10-7-9-19(22)13-20/h5-14H,4H2,1-3H3. The molecule has 0 aliphatic carbocycles. The van der Waals surface area contributed by atoms with Crippen molar-refractivity contribution in [1.82, 2.24) is 4.57 Å². The summed E-state index contributed by atoms with van der Waals surface area (Å²) in [5, 5.41) is 0.701. The van der Waals surface area contributed by atoms with Crippen LogP contribution in [0.25, 0.3) is 5.69 Å². The lowest BCUT2D eigenvalue weighted by Gasteiger charge is -2.13. The summed E-state index contributed by atoms with van der Waals surface area (Å²) in [4.78, 5) is 4.57. The molecule has 0 fully saturated rings. The zero-order valence-corrected chi connectivity index (χ0v) is 15.0. The first-order valence-corrected chi connectivity index (χ1v) is 8.54. The lowest BCUT2D eigenvalue weighted by atomic mass is 10.1. The van der Waals surface area contributed by atoms with Gasteiger partial charge in [-0.25, -0.2) is 0 Å². The Kier molecular flexibility index (Phi) is 4.86. The molecule has 0 saturated heterocycles. The summed E-state index contributed by atoms with van der Waals surface area (Å²) in [7, 11) is 0. The highest BCUT2D eigenvalue weighted by atomic mass is 35.5. The van der Waals surface area contributed by atoms with Gasteiger partial charge in [-0.1, -0.05) is 42.8 Å². The van der Waals surface area contributed by atoms with E-state index in [0.29, 0.717) is 5.02 Å². The van der Waals surface area contributed by atoms with E-state index in [4.69, 9.17) is 11.6 Å². The molecule has 0 spiro atoms. The smallest absolute Gasteiger partial charge is 0.0644 e. The molecule has 0 amide bonds. The lowest BCUT2D eigenvalue weighted by molar-refractivity contribution is 0.937. The fraction of sp³-hybridized carbons (Fsp3) is 0.190. The predicted octanol–water partition coefficient (Wildman–Crippen LogP) is 6.06. The van der Waals surface area contributed by atoms with Crippen LogP contribution in [0.4, 0.5) is 5.69 Å². The van der Waals surface area contributed by atoms with Crippen molar-refractivity contribution in [3.05, 3.63) is 82.1 Å².